The van der Waals surface area contributed by atoms with Crippen molar-refractivity contribution in [2.24, 2.45) is 0 Å². The molecule has 1 atom stereocenters. The van der Waals surface area contributed by atoms with Crippen LogP contribution in [0.4, 0.5) is 11.4 Å². The van der Waals surface area contributed by atoms with Crippen molar-refractivity contribution in [3.63, 3.8) is 0 Å². The van der Waals surface area contributed by atoms with E-state index >= 15 is 0 Å². The van der Waals surface area contributed by atoms with Crippen molar-refractivity contribution in [2.75, 3.05) is 10.6 Å². The highest BCUT2D eigenvalue weighted by Crippen LogP contribution is 2.17. The molecule has 5 nitrogen and oxygen atoms in total. The fraction of sp³-hybridized carbons (Fsp3) is 0.263. The largest absolute Gasteiger partial charge is 0.481 e. The monoisotopic (exact) mass is 326 g/mol. The Morgan fingerprint density at radius 1 is 1.00 bits per heavy atom. The summed E-state index contributed by atoms with van der Waals surface area (Å²) >= 11 is 0. The molecular weight excluding hydrogens is 304 g/mol. The maximum Gasteiger partial charge on any atom is 0.265 e. The number of para-hydroxylation sites is 1. The number of ether oxygens (including phenoxy) is 1. The Morgan fingerprint density at radius 3 is 2.33 bits per heavy atom. The maximum absolute atomic E-state index is 12.2. The minimum atomic E-state index is -0.634. The number of carbonyl (C=O) groups excluding carboxylic acids is 2. The van der Waals surface area contributed by atoms with E-state index in [0.29, 0.717) is 23.5 Å². The lowest BCUT2D eigenvalue weighted by atomic mass is 10.2. The van der Waals surface area contributed by atoms with Gasteiger partial charge in [0.2, 0.25) is 5.91 Å². The second-order valence-corrected chi connectivity index (χ2v) is 5.44. The summed E-state index contributed by atoms with van der Waals surface area (Å²) in [5.41, 5.74) is 1.26. The number of carbonyl (C=O) groups is 2. The Kier molecular flexibility index (Phi) is 6.37. The Labute approximate surface area is 142 Å². The van der Waals surface area contributed by atoms with Crippen molar-refractivity contribution in [3.05, 3.63) is 54.6 Å². The van der Waals surface area contributed by atoms with E-state index in [0.717, 1.165) is 6.42 Å². The summed E-state index contributed by atoms with van der Waals surface area (Å²) in [6, 6.07) is 16.2. The number of rotatable bonds is 7. The molecule has 5 heteroatoms. The van der Waals surface area contributed by atoms with Crippen LogP contribution in [0.25, 0.3) is 0 Å². The molecule has 2 N–H and O–H groups in total. The SMILES string of the molecule is CCCC(=O)Nc1cccc(NC(=O)[C@H](C)Oc2ccccc2)c1. The first kappa shape index (κ1) is 17.5. The van der Waals surface area contributed by atoms with Crippen molar-refractivity contribution < 1.29 is 14.3 Å². The minimum Gasteiger partial charge on any atom is -0.481 e. The van der Waals surface area contributed by atoms with Gasteiger partial charge in [-0.25, -0.2) is 0 Å². The third-order valence-corrected chi connectivity index (χ3v) is 3.32. The van der Waals surface area contributed by atoms with E-state index in [1.807, 2.05) is 25.1 Å². The fourth-order valence-corrected chi connectivity index (χ4v) is 2.13. The quantitative estimate of drug-likeness (QED) is 0.812. The Morgan fingerprint density at radius 2 is 1.67 bits per heavy atom. The molecule has 0 aliphatic carbocycles. The van der Waals surface area contributed by atoms with E-state index < -0.39 is 6.10 Å². The minimum absolute atomic E-state index is 0.0400. The molecule has 0 saturated carbocycles. The van der Waals surface area contributed by atoms with Crippen LogP contribution in [-0.4, -0.2) is 17.9 Å². The van der Waals surface area contributed by atoms with Crippen LogP contribution in [0.2, 0.25) is 0 Å². The smallest absolute Gasteiger partial charge is 0.265 e. The van der Waals surface area contributed by atoms with Crippen LogP contribution in [0, 0.1) is 0 Å². The van der Waals surface area contributed by atoms with Crippen LogP contribution in [0.5, 0.6) is 5.75 Å². The second-order valence-electron chi connectivity index (χ2n) is 5.44. The van der Waals surface area contributed by atoms with E-state index in [9.17, 15) is 9.59 Å². The van der Waals surface area contributed by atoms with Crippen LogP contribution < -0.4 is 15.4 Å². The van der Waals surface area contributed by atoms with E-state index in [2.05, 4.69) is 10.6 Å². The molecular formula is C19H22N2O3. The number of nitrogens with one attached hydrogen (secondary N) is 2. The van der Waals surface area contributed by atoms with Gasteiger partial charge in [-0.15, -0.1) is 0 Å². The summed E-state index contributed by atoms with van der Waals surface area (Å²) in [5, 5.41) is 5.60. The van der Waals surface area contributed by atoms with Gasteiger partial charge in [-0.2, -0.15) is 0 Å². The Bertz CT molecular complexity index is 686. The molecule has 0 bridgehead atoms. The first-order chi connectivity index (χ1) is 11.6. The molecule has 2 aromatic carbocycles. The summed E-state index contributed by atoms with van der Waals surface area (Å²) in [4.78, 5) is 23.9. The molecule has 0 saturated heterocycles. The zero-order valence-electron chi connectivity index (χ0n) is 13.9. The van der Waals surface area contributed by atoms with Crippen molar-refractivity contribution >= 4 is 23.2 Å². The third kappa shape index (κ3) is 5.43. The molecule has 0 aliphatic rings. The Balaban J connectivity index is 1.94. The molecule has 0 aliphatic heterocycles. The Hall–Kier alpha value is -2.82. The van der Waals surface area contributed by atoms with Crippen molar-refractivity contribution in [2.45, 2.75) is 32.8 Å². The number of hydrogen-bond acceptors (Lipinski definition) is 3. The lowest BCUT2D eigenvalue weighted by molar-refractivity contribution is -0.122. The standard InChI is InChI=1S/C19H22N2O3/c1-3-8-18(22)20-15-9-7-10-16(13-15)21-19(23)14(2)24-17-11-5-4-6-12-17/h4-7,9-14H,3,8H2,1-2H3,(H,20,22)(H,21,23)/t14-/m0/s1. The molecule has 2 aromatic rings. The fourth-order valence-electron chi connectivity index (χ4n) is 2.13. The second kappa shape index (κ2) is 8.72. The predicted molar refractivity (Wildman–Crippen MR) is 95.1 cm³/mol. The van der Waals surface area contributed by atoms with Crippen molar-refractivity contribution in [3.8, 4) is 5.75 Å². The van der Waals surface area contributed by atoms with Crippen LogP contribution in [0.1, 0.15) is 26.7 Å². The van der Waals surface area contributed by atoms with Gasteiger partial charge in [0.05, 0.1) is 0 Å². The van der Waals surface area contributed by atoms with E-state index in [1.54, 1.807) is 43.3 Å². The summed E-state index contributed by atoms with van der Waals surface area (Å²) < 4.78 is 5.59. The number of hydrogen-bond donors (Lipinski definition) is 2. The molecule has 24 heavy (non-hydrogen) atoms. The van der Waals surface area contributed by atoms with E-state index in [1.165, 1.54) is 0 Å². The lowest BCUT2D eigenvalue weighted by Gasteiger charge is -2.15. The molecule has 2 rings (SSSR count). The molecule has 0 heterocycles. The van der Waals surface area contributed by atoms with Gasteiger partial charge in [-0.3, -0.25) is 9.59 Å². The molecule has 0 aromatic heterocycles. The summed E-state index contributed by atoms with van der Waals surface area (Å²) in [6.07, 6.45) is 0.625. The van der Waals surface area contributed by atoms with Gasteiger partial charge in [0.25, 0.3) is 5.91 Å². The van der Waals surface area contributed by atoms with Crippen molar-refractivity contribution in [1.29, 1.82) is 0 Å². The van der Waals surface area contributed by atoms with Crippen LogP contribution >= 0.6 is 0 Å². The van der Waals surface area contributed by atoms with Gasteiger partial charge < -0.3 is 15.4 Å². The zero-order valence-corrected chi connectivity index (χ0v) is 13.9. The normalized spacial score (nSPS) is 11.4. The average molecular weight is 326 g/mol. The highest BCUT2D eigenvalue weighted by atomic mass is 16.5. The molecule has 126 valence electrons. The number of benzene rings is 2. The van der Waals surface area contributed by atoms with Gasteiger partial charge in [0.15, 0.2) is 6.10 Å². The van der Waals surface area contributed by atoms with Gasteiger partial charge in [-0.05, 0) is 43.7 Å². The summed E-state index contributed by atoms with van der Waals surface area (Å²) in [6.45, 7) is 3.64. The molecule has 0 radical (unpaired) electrons. The van der Waals surface area contributed by atoms with E-state index in [-0.39, 0.29) is 11.8 Å². The molecule has 0 fully saturated rings. The average Bonchev–Trinajstić information content (AvgIpc) is 2.56. The first-order valence-corrected chi connectivity index (χ1v) is 8.01. The van der Waals surface area contributed by atoms with Gasteiger partial charge in [-0.1, -0.05) is 31.2 Å². The summed E-state index contributed by atoms with van der Waals surface area (Å²) in [5.74, 6) is 0.346. The van der Waals surface area contributed by atoms with Gasteiger partial charge >= 0.3 is 0 Å². The van der Waals surface area contributed by atoms with Crippen LogP contribution in [-0.2, 0) is 9.59 Å². The topological polar surface area (TPSA) is 67.4 Å². The zero-order chi connectivity index (χ0) is 17.4. The van der Waals surface area contributed by atoms with Crippen LogP contribution in [0.15, 0.2) is 54.6 Å². The predicted octanol–water partition coefficient (Wildman–Crippen LogP) is 3.83. The first-order valence-electron chi connectivity index (χ1n) is 8.01. The number of amides is 2. The highest BCUT2D eigenvalue weighted by Gasteiger charge is 2.15. The highest BCUT2D eigenvalue weighted by molar-refractivity contribution is 5.96. The van der Waals surface area contributed by atoms with Crippen LogP contribution in [0.3, 0.4) is 0 Å². The third-order valence-electron chi connectivity index (χ3n) is 3.32. The van der Waals surface area contributed by atoms with E-state index in [4.69, 9.17) is 4.74 Å². The van der Waals surface area contributed by atoms with Gasteiger partial charge in [0, 0.05) is 17.8 Å². The maximum atomic E-state index is 12.2. The molecule has 0 unspecified atom stereocenters. The molecule has 2 amide bonds. The molecule has 0 spiro atoms. The number of anilines is 2. The summed E-state index contributed by atoms with van der Waals surface area (Å²) in [7, 11) is 0. The van der Waals surface area contributed by atoms with Gasteiger partial charge in [0.1, 0.15) is 5.75 Å². The lowest BCUT2D eigenvalue weighted by Crippen LogP contribution is -2.30. The van der Waals surface area contributed by atoms with Crippen molar-refractivity contribution in [1.82, 2.24) is 0 Å².